The van der Waals surface area contributed by atoms with Crippen LogP contribution in [0.1, 0.15) is 37.0 Å². The number of aliphatic hydroxyl groups excluding tert-OH is 1. The minimum Gasteiger partial charge on any atom is -0.388 e. The molecular weight excluding hydrogens is 294 g/mol. The van der Waals surface area contributed by atoms with E-state index >= 15 is 0 Å². The van der Waals surface area contributed by atoms with E-state index in [1.807, 2.05) is 12.1 Å². The summed E-state index contributed by atoms with van der Waals surface area (Å²) >= 11 is 3.50. The number of amides is 1. The molecule has 1 saturated carbocycles. The van der Waals surface area contributed by atoms with Crippen molar-refractivity contribution in [1.82, 2.24) is 0 Å². The molecule has 1 amide bonds. The summed E-state index contributed by atoms with van der Waals surface area (Å²) in [5.41, 5.74) is 2.76. The number of benzene rings is 1. The molecule has 1 aliphatic heterocycles. The lowest BCUT2D eigenvalue weighted by atomic mass is 9.92. The van der Waals surface area contributed by atoms with Crippen molar-refractivity contribution in [1.29, 1.82) is 0 Å². The van der Waals surface area contributed by atoms with Crippen LogP contribution in [-0.4, -0.2) is 11.0 Å². The van der Waals surface area contributed by atoms with E-state index in [1.54, 1.807) is 0 Å². The molecule has 2 aliphatic rings. The Labute approximate surface area is 115 Å². The fourth-order valence-corrected chi connectivity index (χ4v) is 3.23. The molecule has 3 rings (SSSR count). The number of carbonyl (C=O) groups is 1. The molecule has 0 saturated heterocycles. The van der Waals surface area contributed by atoms with E-state index in [4.69, 9.17) is 0 Å². The van der Waals surface area contributed by atoms with Crippen LogP contribution in [0.5, 0.6) is 0 Å². The normalized spacial score (nSPS) is 21.4. The van der Waals surface area contributed by atoms with Gasteiger partial charge in [0.05, 0.1) is 12.5 Å². The van der Waals surface area contributed by atoms with E-state index in [0.29, 0.717) is 12.3 Å². The highest BCUT2D eigenvalue weighted by molar-refractivity contribution is 9.10. The maximum absolute atomic E-state index is 11.4. The van der Waals surface area contributed by atoms with Crippen LogP contribution >= 0.6 is 15.9 Å². The van der Waals surface area contributed by atoms with Crippen LogP contribution in [-0.2, 0) is 11.2 Å². The number of carbonyl (C=O) groups excluding carboxylic acids is 1. The van der Waals surface area contributed by atoms with Gasteiger partial charge in [-0.05, 0) is 47.9 Å². The second kappa shape index (κ2) is 4.35. The van der Waals surface area contributed by atoms with Crippen LogP contribution in [0.3, 0.4) is 0 Å². The highest BCUT2D eigenvalue weighted by Gasteiger charge is 2.34. The summed E-state index contributed by atoms with van der Waals surface area (Å²) < 4.78 is 0.878. The Morgan fingerprint density at radius 2 is 2.17 bits per heavy atom. The summed E-state index contributed by atoms with van der Waals surface area (Å²) in [4.78, 5) is 11.4. The number of halogens is 1. The van der Waals surface area contributed by atoms with E-state index in [2.05, 4.69) is 28.2 Å². The quantitative estimate of drug-likeness (QED) is 0.901. The largest absolute Gasteiger partial charge is 0.388 e. The van der Waals surface area contributed by atoms with Gasteiger partial charge in [-0.3, -0.25) is 4.79 Å². The second-order valence-electron chi connectivity index (χ2n) is 5.40. The van der Waals surface area contributed by atoms with Gasteiger partial charge >= 0.3 is 0 Å². The molecule has 0 bridgehead atoms. The number of aliphatic hydroxyl groups is 1. The smallest absolute Gasteiger partial charge is 0.228 e. The van der Waals surface area contributed by atoms with Gasteiger partial charge in [-0.25, -0.2) is 0 Å². The Balaban J connectivity index is 1.92. The Morgan fingerprint density at radius 3 is 2.83 bits per heavy atom. The third-order valence-corrected chi connectivity index (χ3v) is 4.72. The Kier molecular flexibility index (Phi) is 2.94. The van der Waals surface area contributed by atoms with Gasteiger partial charge in [-0.15, -0.1) is 0 Å². The molecule has 96 valence electrons. The molecule has 0 radical (unpaired) electrons. The first kappa shape index (κ1) is 12.2. The zero-order valence-corrected chi connectivity index (χ0v) is 11.8. The van der Waals surface area contributed by atoms with Crippen molar-refractivity contribution >= 4 is 27.5 Å². The Morgan fingerprint density at radius 1 is 1.44 bits per heavy atom. The molecule has 0 aromatic heterocycles. The number of anilines is 1. The highest BCUT2D eigenvalue weighted by atomic mass is 79.9. The van der Waals surface area contributed by atoms with Crippen molar-refractivity contribution in [2.24, 2.45) is 11.8 Å². The molecule has 2 atom stereocenters. The molecule has 2 unspecified atom stereocenters. The number of rotatable bonds is 3. The lowest BCUT2D eigenvalue weighted by Crippen LogP contribution is -2.12. The maximum Gasteiger partial charge on any atom is 0.228 e. The van der Waals surface area contributed by atoms with E-state index in [0.717, 1.165) is 21.3 Å². The molecule has 18 heavy (non-hydrogen) atoms. The molecule has 0 spiro atoms. The average Bonchev–Trinajstić information content (AvgIpc) is 3.09. The van der Waals surface area contributed by atoms with Crippen molar-refractivity contribution in [3.05, 3.63) is 27.7 Å². The van der Waals surface area contributed by atoms with Gasteiger partial charge in [0.25, 0.3) is 0 Å². The average molecular weight is 310 g/mol. The molecular formula is C14H16BrNO2. The minimum absolute atomic E-state index is 0.0266. The van der Waals surface area contributed by atoms with E-state index in [1.165, 1.54) is 12.8 Å². The first-order valence-corrected chi connectivity index (χ1v) is 7.16. The minimum atomic E-state index is -0.451. The predicted octanol–water partition coefficient (Wildman–Crippen LogP) is 3.02. The second-order valence-corrected chi connectivity index (χ2v) is 6.25. The standard InChI is InChI=1S/C14H16BrNO2/c1-7(8-2-3-8)14(18)10-4-9-5-13(17)16-12(9)6-11(10)15/h4,6-8,14,18H,2-3,5H2,1H3,(H,16,17). The summed E-state index contributed by atoms with van der Waals surface area (Å²) in [5.74, 6) is 0.961. The lowest BCUT2D eigenvalue weighted by Gasteiger charge is -2.20. The van der Waals surface area contributed by atoms with Gasteiger partial charge in [0.1, 0.15) is 0 Å². The van der Waals surface area contributed by atoms with Crippen LogP contribution in [0.15, 0.2) is 16.6 Å². The van der Waals surface area contributed by atoms with E-state index in [-0.39, 0.29) is 11.8 Å². The zero-order chi connectivity index (χ0) is 12.9. The summed E-state index contributed by atoms with van der Waals surface area (Å²) in [6, 6.07) is 3.86. The van der Waals surface area contributed by atoms with Crippen LogP contribution in [0.25, 0.3) is 0 Å². The summed E-state index contributed by atoms with van der Waals surface area (Å²) in [5, 5.41) is 13.3. The summed E-state index contributed by atoms with van der Waals surface area (Å²) in [6.45, 7) is 2.10. The van der Waals surface area contributed by atoms with Crippen molar-refractivity contribution in [2.45, 2.75) is 32.3 Å². The molecule has 1 fully saturated rings. The third-order valence-electron chi connectivity index (χ3n) is 4.03. The summed E-state index contributed by atoms with van der Waals surface area (Å²) in [7, 11) is 0. The van der Waals surface area contributed by atoms with Gasteiger partial charge < -0.3 is 10.4 Å². The Bertz CT molecular complexity index is 511. The molecule has 3 nitrogen and oxygen atoms in total. The van der Waals surface area contributed by atoms with Crippen LogP contribution in [0.2, 0.25) is 0 Å². The van der Waals surface area contributed by atoms with E-state index in [9.17, 15) is 9.90 Å². The van der Waals surface area contributed by atoms with Gasteiger partial charge in [0.15, 0.2) is 0 Å². The van der Waals surface area contributed by atoms with Crippen molar-refractivity contribution in [3.8, 4) is 0 Å². The van der Waals surface area contributed by atoms with Gasteiger partial charge in [-0.2, -0.15) is 0 Å². The molecule has 1 heterocycles. The lowest BCUT2D eigenvalue weighted by molar-refractivity contribution is -0.115. The highest BCUT2D eigenvalue weighted by Crippen LogP contribution is 2.44. The number of fused-ring (bicyclic) bond motifs is 1. The maximum atomic E-state index is 11.4. The van der Waals surface area contributed by atoms with Gasteiger partial charge in [0, 0.05) is 10.2 Å². The molecule has 2 N–H and O–H groups in total. The number of hydrogen-bond acceptors (Lipinski definition) is 2. The first-order chi connectivity index (χ1) is 8.56. The fourth-order valence-electron chi connectivity index (χ4n) is 2.66. The molecule has 1 aliphatic carbocycles. The SMILES string of the molecule is CC(C1CC1)C(O)c1cc2c(cc1Br)NC(=O)C2. The van der Waals surface area contributed by atoms with Crippen molar-refractivity contribution < 1.29 is 9.90 Å². The van der Waals surface area contributed by atoms with Crippen molar-refractivity contribution in [3.63, 3.8) is 0 Å². The number of nitrogens with one attached hydrogen (secondary N) is 1. The van der Waals surface area contributed by atoms with Gasteiger partial charge in [-0.1, -0.05) is 22.9 Å². The molecule has 4 heteroatoms. The molecule has 1 aromatic carbocycles. The third kappa shape index (κ3) is 2.08. The van der Waals surface area contributed by atoms with Crippen molar-refractivity contribution in [2.75, 3.05) is 5.32 Å². The van der Waals surface area contributed by atoms with Crippen LogP contribution in [0, 0.1) is 11.8 Å². The number of hydrogen-bond donors (Lipinski definition) is 2. The topological polar surface area (TPSA) is 49.3 Å². The molecule has 1 aromatic rings. The van der Waals surface area contributed by atoms with E-state index < -0.39 is 6.10 Å². The Hall–Kier alpha value is -0.870. The zero-order valence-electron chi connectivity index (χ0n) is 10.2. The predicted molar refractivity (Wildman–Crippen MR) is 73.3 cm³/mol. The van der Waals surface area contributed by atoms with Crippen LogP contribution < -0.4 is 5.32 Å². The van der Waals surface area contributed by atoms with Gasteiger partial charge in [0.2, 0.25) is 5.91 Å². The fraction of sp³-hybridized carbons (Fsp3) is 0.500. The van der Waals surface area contributed by atoms with Crippen LogP contribution in [0.4, 0.5) is 5.69 Å². The monoisotopic (exact) mass is 309 g/mol. The first-order valence-electron chi connectivity index (χ1n) is 6.36. The summed E-state index contributed by atoms with van der Waals surface area (Å²) in [6.07, 6.45) is 2.41.